The molecular formula is C18H24N4O3. The molecule has 1 aliphatic rings. The number of carbonyl (C=O) groups is 1. The predicted octanol–water partition coefficient (Wildman–Crippen LogP) is 1.15. The van der Waals surface area contributed by atoms with Crippen molar-refractivity contribution >= 4 is 22.8 Å². The third-order valence-electron chi connectivity index (χ3n) is 4.16. The van der Waals surface area contributed by atoms with Crippen LogP contribution in [0.3, 0.4) is 0 Å². The molecule has 0 unspecified atom stereocenters. The second kappa shape index (κ2) is 7.65. The maximum Gasteiger partial charge on any atom is 0.294 e. The summed E-state index contributed by atoms with van der Waals surface area (Å²) in [4.78, 5) is 31.5. The van der Waals surface area contributed by atoms with Crippen LogP contribution in [0, 0.1) is 0 Å². The minimum Gasteiger partial charge on any atom is -0.378 e. The molecule has 0 radical (unpaired) electrons. The van der Waals surface area contributed by atoms with Gasteiger partial charge in [-0.3, -0.25) is 9.59 Å². The standard InChI is InChI=1S/C18H24N4O3/c1-13(2)19-16(23)7-8-22-15-6-4-3-5-14(15)20-17(18(22)24)21-9-11-25-12-10-21/h3-6,13H,7-12H2,1-2H3,(H,19,23). The van der Waals surface area contributed by atoms with Gasteiger partial charge in [0.2, 0.25) is 5.91 Å². The molecule has 1 aliphatic heterocycles. The molecule has 2 heterocycles. The molecule has 134 valence electrons. The quantitative estimate of drug-likeness (QED) is 0.880. The first-order valence-electron chi connectivity index (χ1n) is 8.68. The van der Waals surface area contributed by atoms with E-state index in [1.54, 1.807) is 4.57 Å². The lowest BCUT2D eigenvalue weighted by Gasteiger charge is -2.28. The van der Waals surface area contributed by atoms with Crippen molar-refractivity contribution in [2.75, 3.05) is 31.2 Å². The highest BCUT2D eigenvalue weighted by atomic mass is 16.5. The number of para-hydroxylation sites is 2. The predicted molar refractivity (Wildman–Crippen MR) is 96.9 cm³/mol. The summed E-state index contributed by atoms with van der Waals surface area (Å²) >= 11 is 0. The van der Waals surface area contributed by atoms with Crippen LogP contribution in [0.5, 0.6) is 0 Å². The number of fused-ring (bicyclic) bond motifs is 1. The molecule has 0 aliphatic carbocycles. The van der Waals surface area contributed by atoms with Crippen LogP contribution < -0.4 is 15.8 Å². The molecule has 1 fully saturated rings. The summed E-state index contributed by atoms with van der Waals surface area (Å²) in [7, 11) is 0. The SMILES string of the molecule is CC(C)NC(=O)CCn1c(=O)c(N2CCOCC2)nc2ccccc21. The molecule has 0 atom stereocenters. The highest BCUT2D eigenvalue weighted by molar-refractivity contribution is 5.78. The molecule has 1 aromatic heterocycles. The van der Waals surface area contributed by atoms with Gasteiger partial charge in [-0.1, -0.05) is 12.1 Å². The lowest BCUT2D eigenvalue weighted by molar-refractivity contribution is -0.121. The van der Waals surface area contributed by atoms with E-state index in [-0.39, 0.29) is 23.9 Å². The van der Waals surface area contributed by atoms with Crippen molar-refractivity contribution in [3.63, 3.8) is 0 Å². The zero-order chi connectivity index (χ0) is 17.8. The monoisotopic (exact) mass is 344 g/mol. The number of hydrogen-bond donors (Lipinski definition) is 1. The molecule has 0 saturated carbocycles. The second-order valence-electron chi connectivity index (χ2n) is 6.45. The van der Waals surface area contributed by atoms with Gasteiger partial charge in [-0.15, -0.1) is 0 Å². The van der Waals surface area contributed by atoms with E-state index >= 15 is 0 Å². The molecule has 1 amide bonds. The number of morpholine rings is 1. The summed E-state index contributed by atoms with van der Waals surface area (Å²) in [6.45, 7) is 6.64. The molecule has 1 aromatic carbocycles. The Morgan fingerprint density at radius 2 is 2.00 bits per heavy atom. The summed E-state index contributed by atoms with van der Waals surface area (Å²) in [5, 5.41) is 2.86. The highest BCUT2D eigenvalue weighted by Gasteiger charge is 2.19. The zero-order valence-corrected chi connectivity index (χ0v) is 14.7. The van der Waals surface area contributed by atoms with Gasteiger partial charge in [0.15, 0.2) is 5.82 Å². The van der Waals surface area contributed by atoms with Crippen LogP contribution in [0.15, 0.2) is 29.1 Å². The maximum absolute atomic E-state index is 13.0. The first-order chi connectivity index (χ1) is 12.1. The molecule has 0 bridgehead atoms. The summed E-state index contributed by atoms with van der Waals surface area (Å²) < 4.78 is 7.02. The number of amides is 1. The van der Waals surface area contributed by atoms with Crippen molar-refractivity contribution in [2.24, 2.45) is 0 Å². The Balaban J connectivity index is 1.95. The third-order valence-corrected chi connectivity index (χ3v) is 4.16. The summed E-state index contributed by atoms with van der Waals surface area (Å²) in [6.07, 6.45) is 0.259. The number of carbonyl (C=O) groups excluding carboxylic acids is 1. The van der Waals surface area contributed by atoms with E-state index in [2.05, 4.69) is 10.3 Å². The van der Waals surface area contributed by atoms with Crippen LogP contribution in [0.1, 0.15) is 20.3 Å². The van der Waals surface area contributed by atoms with E-state index in [1.807, 2.05) is 43.0 Å². The van der Waals surface area contributed by atoms with Crippen LogP contribution in [-0.2, 0) is 16.1 Å². The largest absolute Gasteiger partial charge is 0.378 e. The number of benzene rings is 1. The molecule has 1 N–H and O–H groups in total. The summed E-state index contributed by atoms with van der Waals surface area (Å²) in [6, 6.07) is 7.63. The van der Waals surface area contributed by atoms with Gasteiger partial charge in [-0.25, -0.2) is 4.98 Å². The molecular weight excluding hydrogens is 320 g/mol. The number of anilines is 1. The fraction of sp³-hybridized carbons (Fsp3) is 0.500. The van der Waals surface area contributed by atoms with Crippen molar-refractivity contribution in [1.82, 2.24) is 14.9 Å². The van der Waals surface area contributed by atoms with Crippen LogP contribution in [0.25, 0.3) is 11.0 Å². The number of ether oxygens (including phenoxy) is 1. The van der Waals surface area contributed by atoms with Gasteiger partial charge in [0, 0.05) is 32.1 Å². The van der Waals surface area contributed by atoms with Crippen molar-refractivity contribution < 1.29 is 9.53 Å². The van der Waals surface area contributed by atoms with Gasteiger partial charge < -0.3 is 19.5 Å². The van der Waals surface area contributed by atoms with Crippen molar-refractivity contribution in [1.29, 1.82) is 0 Å². The Labute approximate surface area is 146 Å². The number of aryl methyl sites for hydroxylation is 1. The molecule has 2 aromatic rings. The van der Waals surface area contributed by atoms with Crippen LogP contribution in [0.2, 0.25) is 0 Å². The van der Waals surface area contributed by atoms with Crippen molar-refractivity contribution in [3.8, 4) is 0 Å². The van der Waals surface area contributed by atoms with Crippen molar-refractivity contribution in [3.05, 3.63) is 34.6 Å². The normalized spacial score (nSPS) is 14.9. The Kier molecular flexibility index (Phi) is 5.33. The minimum absolute atomic E-state index is 0.0595. The van der Waals surface area contributed by atoms with E-state index in [9.17, 15) is 9.59 Å². The highest BCUT2D eigenvalue weighted by Crippen LogP contribution is 2.15. The third kappa shape index (κ3) is 3.99. The molecule has 3 rings (SSSR count). The van der Waals surface area contributed by atoms with Gasteiger partial charge in [0.1, 0.15) is 0 Å². The van der Waals surface area contributed by atoms with E-state index in [1.165, 1.54) is 0 Å². The van der Waals surface area contributed by atoms with Gasteiger partial charge >= 0.3 is 0 Å². The van der Waals surface area contributed by atoms with E-state index in [0.717, 1.165) is 11.0 Å². The Bertz CT molecular complexity index is 810. The lowest BCUT2D eigenvalue weighted by atomic mass is 10.2. The number of hydrogen-bond acceptors (Lipinski definition) is 5. The Morgan fingerprint density at radius 3 is 2.72 bits per heavy atom. The van der Waals surface area contributed by atoms with Gasteiger partial charge in [0.25, 0.3) is 5.56 Å². The molecule has 7 nitrogen and oxygen atoms in total. The minimum atomic E-state index is -0.155. The van der Waals surface area contributed by atoms with E-state index in [4.69, 9.17) is 4.74 Å². The summed E-state index contributed by atoms with van der Waals surface area (Å²) in [5.74, 6) is 0.377. The topological polar surface area (TPSA) is 76.5 Å². The van der Waals surface area contributed by atoms with Crippen LogP contribution in [-0.4, -0.2) is 47.8 Å². The molecule has 1 saturated heterocycles. The van der Waals surface area contributed by atoms with Gasteiger partial charge in [-0.2, -0.15) is 0 Å². The Hall–Kier alpha value is -2.41. The average Bonchev–Trinajstić information content (AvgIpc) is 2.60. The first-order valence-corrected chi connectivity index (χ1v) is 8.68. The molecule has 0 spiro atoms. The van der Waals surface area contributed by atoms with Gasteiger partial charge in [0.05, 0.1) is 24.2 Å². The number of rotatable bonds is 5. The van der Waals surface area contributed by atoms with E-state index in [0.29, 0.717) is 38.7 Å². The number of nitrogens with one attached hydrogen (secondary N) is 1. The number of nitrogens with zero attached hydrogens (tertiary/aromatic N) is 3. The fourth-order valence-corrected chi connectivity index (χ4v) is 2.99. The number of aromatic nitrogens is 2. The first kappa shape index (κ1) is 17.4. The molecule has 25 heavy (non-hydrogen) atoms. The summed E-state index contributed by atoms with van der Waals surface area (Å²) in [5.41, 5.74) is 1.35. The maximum atomic E-state index is 13.0. The van der Waals surface area contributed by atoms with Crippen LogP contribution in [0.4, 0.5) is 5.82 Å². The van der Waals surface area contributed by atoms with Crippen molar-refractivity contribution in [2.45, 2.75) is 32.9 Å². The van der Waals surface area contributed by atoms with Gasteiger partial charge in [-0.05, 0) is 26.0 Å². The zero-order valence-electron chi connectivity index (χ0n) is 14.7. The average molecular weight is 344 g/mol. The fourth-order valence-electron chi connectivity index (χ4n) is 2.99. The van der Waals surface area contributed by atoms with Crippen LogP contribution >= 0.6 is 0 Å². The lowest BCUT2D eigenvalue weighted by Crippen LogP contribution is -2.41. The van der Waals surface area contributed by atoms with E-state index < -0.39 is 0 Å². The second-order valence-corrected chi connectivity index (χ2v) is 6.45. The smallest absolute Gasteiger partial charge is 0.294 e. The molecule has 7 heteroatoms. The Morgan fingerprint density at radius 1 is 1.28 bits per heavy atom.